The first-order valence-corrected chi connectivity index (χ1v) is 3.43. The Balaban J connectivity index is 3.00. The van der Waals surface area contributed by atoms with E-state index in [9.17, 15) is 0 Å². The largest absolute Gasteiger partial charge is 0.290 e. The Kier molecular flexibility index (Phi) is 2.21. The van der Waals surface area contributed by atoms with Crippen LogP contribution in [0.3, 0.4) is 0 Å². The smallest absolute Gasteiger partial charge is 0.133 e. The maximum absolute atomic E-state index is 3.90. The van der Waals surface area contributed by atoms with Gasteiger partial charge in [0.2, 0.25) is 0 Å². The molecule has 0 aromatic carbocycles. The molecule has 0 unspecified atom stereocenters. The Morgan fingerprint density at radius 1 is 1.27 bits per heavy atom. The second kappa shape index (κ2) is 3.14. The predicted octanol–water partition coefficient (Wildman–Crippen LogP) is 1.55. The van der Waals surface area contributed by atoms with Crippen molar-refractivity contribution in [2.24, 2.45) is 0 Å². The molecule has 11 heavy (non-hydrogen) atoms. The van der Waals surface area contributed by atoms with Crippen molar-refractivity contribution < 1.29 is 0 Å². The van der Waals surface area contributed by atoms with E-state index < -0.39 is 0 Å². The van der Waals surface area contributed by atoms with Gasteiger partial charge in [-0.25, -0.2) is 0 Å². The highest BCUT2D eigenvalue weighted by molar-refractivity contribution is 5.29. The Morgan fingerprint density at radius 2 is 1.82 bits per heavy atom. The molecule has 0 N–H and O–H groups in total. The summed E-state index contributed by atoms with van der Waals surface area (Å²) >= 11 is 0. The Hall–Kier alpha value is -1.38. The molecular weight excluding hydrogens is 138 g/mol. The molecule has 1 aromatic heterocycles. The van der Waals surface area contributed by atoms with Gasteiger partial charge < -0.3 is 0 Å². The van der Waals surface area contributed by atoms with Gasteiger partial charge in [-0.05, 0) is 19.9 Å². The molecule has 1 aromatic rings. The third-order valence-electron chi connectivity index (χ3n) is 1.41. The molecule has 0 atom stereocenters. The van der Waals surface area contributed by atoms with Gasteiger partial charge in [0, 0.05) is 6.20 Å². The van der Waals surface area contributed by atoms with Crippen LogP contribution in [-0.4, -0.2) is 14.8 Å². The first-order chi connectivity index (χ1) is 5.25. The molecule has 0 aliphatic carbocycles. The zero-order valence-corrected chi connectivity index (χ0v) is 6.78. The fraction of sp³-hybridized carbons (Fsp3) is 0.250. The molecule has 1 heterocycles. The minimum absolute atomic E-state index is 0.889. The number of aryl methyl sites for hydroxylation is 2. The Labute approximate surface area is 66.1 Å². The summed E-state index contributed by atoms with van der Waals surface area (Å²) in [6.07, 6.45) is 5.46. The molecule has 0 saturated carbocycles. The van der Waals surface area contributed by atoms with Gasteiger partial charge in [0.05, 0.1) is 0 Å². The van der Waals surface area contributed by atoms with Crippen molar-refractivity contribution >= 4 is 6.20 Å². The van der Waals surface area contributed by atoms with Gasteiger partial charge in [0.25, 0.3) is 0 Å². The van der Waals surface area contributed by atoms with Crippen LogP contribution in [0, 0.1) is 13.8 Å². The predicted molar refractivity (Wildman–Crippen MR) is 45.0 cm³/mol. The summed E-state index contributed by atoms with van der Waals surface area (Å²) in [6, 6.07) is 0. The highest BCUT2D eigenvalue weighted by atomic mass is 15.3. The van der Waals surface area contributed by atoms with Crippen molar-refractivity contribution in [2.45, 2.75) is 13.8 Å². The average Bonchev–Trinajstić information content (AvgIpc) is 2.29. The molecule has 3 heteroatoms. The highest BCUT2D eigenvalue weighted by Crippen LogP contribution is 1.99. The van der Waals surface area contributed by atoms with Crippen LogP contribution in [0.1, 0.15) is 11.6 Å². The number of hydrogen-bond donors (Lipinski definition) is 0. The fourth-order valence-corrected chi connectivity index (χ4v) is 0.838. The standard InChI is InChI=1S/C8H11N3/c1-4-5-6-11-7(2)9-10-8(11)3/h4-6H,1H2,2-3H3/b6-5-. The van der Waals surface area contributed by atoms with E-state index in [0.29, 0.717) is 0 Å². The third kappa shape index (κ3) is 1.55. The van der Waals surface area contributed by atoms with Gasteiger partial charge in [0.15, 0.2) is 0 Å². The summed E-state index contributed by atoms with van der Waals surface area (Å²) in [5.41, 5.74) is 0. The molecule has 0 saturated heterocycles. The van der Waals surface area contributed by atoms with Crippen LogP contribution < -0.4 is 0 Å². The Bertz CT molecular complexity index is 264. The van der Waals surface area contributed by atoms with E-state index in [0.717, 1.165) is 11.6 Å². The fourth-order valence-electron chi connectivity index (χ4n) is 0.838. The SMILES string of the molecule is C=C/C=C\n1c(C)nnc1C. The third-order valence-corrected chi connectivity index (χ3v) is 1.41. The van der Waals surface area contributed by atoms with Crippen molar-refractivity contribution in [1.82, 2.24) is 14.8 Å². The molecule has 0 bridgehead atoms. The lowest BCUT2D eigenvalue weighted by Gasteiger charge is -1.94. The maximum Gasteiger partial charge on any atom is 0.133 e. The van der Waals surface area contributed by atoms with Crippen molar-refractivity contribution in [3.05, 3.63) is 30.4 Å². The maximum atomic E-state index is 3.90. The van der Waals surface area contributed by atoms with E-state index in [2.05, 4.69) is 16.8 Å². The molecule has 3 nitrogen and oxygen atoms in total. The van der Waals surface area contributed by atoms with Gasteiger partial charge in [-0.2, -0.15) is 0 Å². The second-order valence-corrected chi connectivity index (χ2v) is 2.24. The lowest BCUT2D eigenvalue weighted by Crippen LogP contribution is -1.91. The van der Waals surface area contributed by atoms with E-state index in [4.69, 9.17) is 0 Å². The summed E-state index contributed by atoms with van der Waals surface area (Å²) in [5, 5.41) is 7.79. The van der Waals surface area contributed by atoms with Crippen molar-refractivity contribution in [1.29, 1.82) is 0 Å². The van der Waals surface area contributed by atoms with Crippen LogP contribution in [0.5, 0.6) is 0 Å². The summed E-state index contributed by atoms with van der Waals surface area (Å²) in [7, 11) is 0. The van der Waals surface area contributed by atoms with Crippen LogP contribution in [0.25, 0.3) is 6.20 Å². The van der Waals surface area contributed by atoms with Crippen LogP contribution in [0.4, 0.5) is 0 Å². The lowest BCUT2D eigenvalue weighted by atomic mass is 10.5. The van der Waals surface area contributed by atoms with E-state index >= 15 is 0 Å². The van der Waals surface area contributed by atoms with E-state index in [1.807, 2.05) is 30.7 Å². The zero-order chi connectivity index (χ0) is 8.27. The average molecular weight is 149 g/mol. The summed E-state index contributed by atoms with van der Waals surface area (Å²) in [6.45, 7) is 7.40. The van der Waals surface area contributed by atoms with Gasteiger partial charge in [0.1, 0.15) is 11.6 Å². The number of allylic oxidation sites excluding steroid dienone is 2. The van der Waals surface area contributed by atoms with Crippen LogP contribution in [0.2, 0.25) is 0 Å². The number of rotatable bonds is 2. The molecule has 58 valence electrons. The molecule has 0 aliphatic rings. The van der Waals surface area contributed by atoms with Crippen molar-refractivity contribution in [3.8, 4) is 0 Å². The van der Waals surface area contributed by atoms with Gasteiger partial charge in [-0.1, -0.05) is 12.7 Å². The van der Waals surface area contributed by atoms with Gasteiger partial charge >= 0.3 is 0 Å². The normalized spacial score (nSPS) is 10.7. The summed E-state index contributed by atoms with van der Waals surface area (Å²) < 4.78 is 1.90. The quantitative estimate of drug-likeness (QED) is 0.597. The van der Waals surface area contributed by atoms with Gasteiger partial charge in [-0.15, -0.1) is 10.2 Å². The first-order valence-electron chi connectivity index (χ1n) is 3.43. The summed E-state index contributed by atoms with van der Waals surface area (Å²) in [5.74, 6) is 1.78. The monoisotopic (exact) mass is 149 g/mol. The molecular formula is C8H11N3. The highest BCUT2D eigenvalue weighted by Gasteiger charge is 1.98. The molecule has 0 amide bonds. The molecule has 0 spiro atoms. The van der Waals surface area contributed by atoms with Gasteiger partial charge in [-0.3, -0.25) is 4.57 Å². The second-order valence-electron chi connectivity index (χ2n) is 2.24. The molecule has 0 radical (unpaired) electrons. The molecule has 1 rings (SSSR count). The van der Waals surface area contributed by atoms with E-state index in [1.165, 1.54) is 0 Å². The number of aromatic nitrogens is 3. The number of nitrogens with zero attached hydrogens (tertiary/aromatic N) is 3. The van der Waals surface area contributed by atoms with Crippen LogP contribution in [-0.2, 0) is 0 Å². The first kappa shape index (κ1) is 7.72. The molecule has 0 fully saturated rings. The minimum Gasteiger partial charge on any atom is -0.290 e. The van der Waals surface area contributed by atoms with Crippen LogP contribution >= 0.6 is 0 Å². The minimum atomic E-state index is 0.889. The van der Waals surface area contributed by atoms with Crippen molar-refractivity contribution in [3.63, 3.8) is 0 Å². The van der Waals surface area contributed by atoms with Crippen molar-refractivity contribution in [2.75, 3.05) is 0 Å². The van der Waals surface area contributed by atoms with E-state index in [1.54, 1.807) is 6.08 Å². The Morgan fingerprint density at radius 3 is 2.27 bits per heavy atom. The lowest BCUT2D eigenvalue weighted by molar-refractivity contribution is 0.994. The number of hydrogen-bond acceptors (Lipinski definition) is 2. The van der Waals surface area contributed by atoms with Crippen LogP contribution in [0.15, 0.2) is 18.7 Å². The van der Waals surface area contributed by atoms with E-state index in [-0.39, 0.29) is 0 Å². The molecule has 0 aliphatic heterocycles. The summed E-state index contributed by atoms with van der Waals surface area (Å²) in [4.78, 5) is 0. The topological polar surface area (TPSA) is 30.7 Å². The zero-order valence-electron chi connectivity index (χ0n) is 6.78.